The molecule has 0 heterocycles. The van der Waals surface area contributed by atoms with Crippen LogP contribution in [0.3, 0.4) is 0 Å². The zero-order chi connectivity index (χ0) is 21.8. The third-order valence-corrected chi connectivity index (χ3v) is 9.86. The lowest BCUT2D eigenvalue weighted by Gasteiger charge is -2.60. The van der Waals surface area contributed by atoms with Crippen molar-refractivity contribution in [3.8, 4) is 0 Å². The first-order chi connectivity index (χ1) is 14.1. The van der Waals surface area contributed by atoms with Gasteiger partial charge in [0.1, 0.15) is 0 Å². The van der Waals surface area contributed by atoms with Crippen LogP contribution in [0.5, 0.6) is 0 Å². The third kappa shape index (κ3) is 3.13. The molecule has 0 spiro atoms. The van der Waals surface area contributed by atoms with Gasteiger partial charge in [0.05, 0.1) is 12.5 Å². The minimum absolute atomic E-state index is 0.0755. The largest absolute Gasteiger partial charge is 0.481 e. The number of aliphatic carboxylic acids is 1. The van der Waals surface area contributed by atoms with E-state index in [0.29, 0.717) is 23.5 Å². The van der Waals surface area contributed by atoms with E-state index in [2.05, 4.69) is 20.8 Å². The van der Waals surface area contributed by atoms with Crippen molar-refractivity contribution in [2.75, 3.05) is 0 Å². The Balaban J connectivity index is 1.68. The van der Waals surface area contributed by atoms with Gasteiger partial charge in [0.25, 0.3) is 0 Å². The monoisotopic (exact) mass is 414 g/mol. The highest BCUT2D eigenvalue weighted by atomic mass is 16.4. The fourth-order valence-electron chi connectivity index (χ4n) is 8.33. The number of allylic oxidation sites excluding steroid dienone is 3. The second-order valence-electron chi connectivity index (χ2n) is 11.1. The molecule has 0 bridgehead atoms. The van der Waals surface area contributed by atoms with Gasteiger partial charge >= 0.3 is 5.97 Å². The summed E-state index contributed by atoms with van der Waals surface area (Å²) >= 11 is 0. The Hall–Kier alpha value is -1.42. The van der Waals surface area contributed by atoms with Crippen molar-refractivity contribution in [1.29, 1.82) is 0 Å². The number of carboxylic acid groups (broad SMARTS) is 1. The Morgan fingerprint density at radius 2 is 1.77 bits per heavy atom. The molecule has 4 rings (SSSR count). The number of fused-ring (bicyclic) bond motifs is 5. The summed E-state index contributed by atoms with van der Waals surface area (Å²) in [6.07, 6.45) is 10.6. The van der Waals surface area contributed by atoms with Gasteiger partial charge in [0.2, 0.25) is 0 Å². The van der Waals surface area contributed by atoms with Gasteiger partial charge in [-0.25, -0.2) is 0 Å². The van der Waals surface area contributed by atoms with E-state index in [9.17, 15) is 14.7 Å². The van der Waals surface area contributed by atoms with Crippen molar-refractivity contribution >= 4 is 11.8 Å². The van der Waals surface area contributed by atoms with Gasteiger partial charge in [-0.1, -0.05) is 31.6 Å². The van der Waals surface area contributed by atoms with Crippen molar-refractivity contribution in [2.24, 2.45) is 40.4 Å². The molecule has 166 valence electrons. The summed E-state index contributed by atoms with van der Waals surface area (Å²) in [4.78, 5) is 24.9. The molecule has 4 fully saturated rings. The number of hydrogen-bond donors (Lipinski definition) is 2. The van der Waals surface area contributed by atoms with Gasteiger partial charge in [-0.15, -0.1) is 0 Å². The molecular formula is C26H38O4. The number of ketones is 1. The predicted octanol–water partition coefficient (Wildman–Crippen LogP) is 5.16. The van der Waals surface area contributed by atoms with Crippen LogP contribution in [0, 0.1) is 40.4 Å². The Morgan fingerprint density at radius 3 is 2.43 bits per heavy atom. The van der Waals surface area contributed by atoms with E-state index in [4.69, 9.17) is 5.11 Å². The van der Waals surface area contributed by atoms with E-state index < -0.39 is 5.97 Å². The van der Waals surface area contributed by atoms with Gasteiger partial charge in [-0.2, -0.15) is 0 Å². The smallest absolute Gasteiger partial charge is 0.307 e. The highest BCUT2D eigenvalue weighted by Gasteiger charge is 2.63. The van der Waals surface area contributed by atoms with Crippen LogP contribution in [0.2, 0.25) is 0 Å². The van der Waals surface area contributed by atoms with E-state index in [0.717, 1.165) is 50.5 Å². The average molecular weight is 415 g/mol. The lowest BCUT2D eigenvalue weighted by molar-refractivity contribution is -0.148. The molecule has 4 nitrogen and oxygen atoms in total. The molecule has 0 radical (unpaired) electrons. The predicted molar refractivity (Wildman–Crippen MR) is 117 cm³/mol. The standard InChI is InChI=1S/C26H38O4/c1-5-17-21-14-16(27)10-12-26(21,4)20-11-13-25(3)18(15(2)6-9-22(28)29)7-8-19(25)23(20)24(17)30/h5-6,16,18-21,23,27H,7-14H2,1-4H3,(H,28,29). The molecule has 30 heavy (non-hydrogen) atoms. The summed E-state index contributed by atoms with van der Waals surface area (Å²) in [5.41, 5.74) is 2.35. The van der Waals surface area contributed by atoms with Crippen molar-refractivity contribution in [1.82, 2.24) is 0 Å². The Labute approximate surface area is 180 Å². The van der Waals surface area contributed by atoms with Crippen molar-refractivity contribution < 1.29 is 19.8 Å². The molecular weight excluding hydrogens is 376 g/mol. The van der Waals surface area contributed by atoms with Gasteiger partial charge in [-0.3, -0.25) is 9.59 Å². The lowest BCUT2D eigenvalue weighted by atomic mass is 9.43. The quantitative estimate of drug-likeness (QED) is 0.494. The van der Waals surface area contributed by atoms with Crippen LogP contribution in [0.1, 0.15) is 79.1 Å². The number of rotatable bonds is 3. The molecule has 0 amide bonds. The molecule has 8 atom stereocenters. The number of hydrogen-bond acceptors (Lipinski definition) is 3. The van der Waals surface area contributed by atoms with Gasteiger partial charge in [0, 0.05) is 5.92 Å². The Kier molecular flexibility index (Phi) is 5.53. The van der Waals surface area contributed by atoms with Crippen molar-refractivity contribution in [3.63, 3.8) is 0 Å². The van der Waals surface area contributed by atoms with Gasteiger partial charge in [0.15, 0.2) is 5.78 Å². The van der Waals surface area contributed by atoms with Crippen LogP contribution < -0.4 is 0 Å². The van der Waals surface area contributed by atoms with Crippen molar-refractivity contribution in [2.45, 2.75) is 85.2 Å². The third-order valence-electron chi connectivity index (χ3n) is 9.86. The molecule has 4 aliphatic carbocycles. The van der Waals surface area contributed by atoms with E-state index in [1.807, 2.05) is 19.1 Å². The molecule has 4 heteroatoms. The highest BCUT2D eigenvalue weighted by molar-refractivity contribution is 5.99. The van der Waals surface area contributed by atoms with Crippen LogP contribution in [0.15, 0.2) is 23.3 Å². The SMILES string of the molecule is CC=C1C(=O)C2C3CCC(C(C)=CCC(=O)O)C3(C)CCC2C2(C)CCC(O)CC12. The summed E-state index contributed by atoms with van der Waals surface area (Å²) in [7, 11) is 0. The maximum absolute atomic E-state index is 13.8. The van der Waals surface area contributed by atoms with E-state index in [1.165, 1.54) is 5.57 Å². The summed E-state index contributed by atoms with van der Waals surface area (Å²) in [5, 5.41) is 19.4. The van der Waals surface area contributed by atoms with E-state index in [1.54, 1.807) is 0 Å². The number of carbonyl (C=O) groups is 2. The Morgan fingerprint density at radius 1 is 1.10 bits per heavy atom. The topological polar surface area (TPSA) is 74.6 Å². The van der Waals surface area contributed by atoms with E-state index >= 15 is 0 Å². The summed E-state index contributed by atoms with van der Waals surface area (Å²) in [6.45, 7) is 8.84. The van der Waals surface area contributed by atoms with Gasteiger partial charge in [-0.05, 0) is 98.9 Å². The minimum Gasteiger partial charge on any atom is -0.481 e. The average Bonchev–Trinajstić information content (AvgIpc) is 3.05. The number of carboxylic acids is 1. The fraction of sp³-hybridized carbons (Fsp3) is 0.769. The minimum atomic E-state index is -0.781. The molecule has 2 N–H and O–H groups in total. The zero-order valence-corrected chi connectivity index (χ0v) is 19.0. The highest BCUT2D eigenvalue weighted by Crippen LogP contribution is 2.68. The second-order valence-corrected chi connectivity index (χ2v) is 11.1. The number of carbonyl (C=O) groups excluding carboxylic acids is 1. The van der Waals surface area contributed by atoms with Gasteiger partial charge < -0.3 is 10.2 Å². The maximum Gasteiger partial charge on any atom is 0.307 e. The zero-order valence-electron chi connectivity index (χ0n) is 19.0. The molecule has 4 saturated carbocycles. The first-order valence-electron chi connectivity index (χ1n) is 11.9. The molecule has 0 aliphatic heterocycles. The lowest BCUT2D eigenvalue weighted by Crippen LogP contribution is -2.58. The summed E-state index contributed by atoms with van der Waals surface area (Å²) < 4.78 is 0. The first kappa shape index (κ1) is 21.8. The molecule has 8 unspecified atom stereocenters. The van der Waals surface area contributed by atoms with E-state index in [-0.39, 0.29) is 35.2 Å². The second kappa shape index (κ2) is 7.62. The van der Waals surface area contributed by atoms with Crippen LogP contribution in [0.25, 0.3) is 0 Å². The summed E-state index contributed by atoms with van der Waals surface area (Å²) in [5.74, 6) is 1.01. The first-order valence-corrected chi connectivity index (χ1v) is 11.9. The molecule has 0 aromatic rings. The maximum atomic E-state index is 13.8. The number of aliphatic hydroxyl groups is 1. The normalized spacial score (nSPS) is 47.6. The van der Waals surface area contributed by atoms with Crippen LogP contribution in [-0.2, 0) is 9.59 Å². The van der Waals surface area contributed by atoms with Crippen LogP contribution >= 0.6 is 0 Å². The van der Waals surface area contributed by atoms with Crippen LogP contribution in [-0.4, -0.2) is 28.1 Å². The van der Waals surface area contributed by atoms with Crippen molar-refractivity contribution in [3.05, 3.63) is 23.3 Å². The molecule has 0 aromatic heterocycles. The molecule has 0 saturated heterocycles. The summed E-state index contributed by atoms with van der Waals surface area (Å²) in [6, 6.07) is 0. The number of aliphatic hydroxyl groups excluding tert-OH is 1. The molecule has 0 aromatic carbocycles. The Bertz CT molecular complexity index is 795. The fourth-order valence-corrected chi connectivity index (χ4v) is 8.33. The number of Topliss-reactive ketones (excluding diaryl/α,β-unsaturated/α-hetero) is 1. The molecule has 4 aliphatic rings. The van der Waals surface area contributed by atoms with Crippen LogP contribution in [0.4, 0.5) is 0 Å².